The number of aryl methyl sites for hydroxylation is 1. The van der Waals surface area contributed by atoms with Gasteiger partial charge in [-0.05, 0) is 35.7 Å². The molecule has 2 heterocycles. The maximum absolute atomic E-state index is 13.2. The van der Waals surface area contributed by atoms with Crippen LogP contribution in [-0.4, -0.2) is 42.0 Å². The summed E-state index contributed by atoms with van der Waals surface area (Å²) in [6.45, 7) is 5.36. The number of nitrogens with zero attached hydrogens (tertiary/aromatic N) is 3. The molecule has 0 bridgehead atoms. The van der Waals surface area contributed by atoms with Crippen LogP contribution in [0.1, 0.15) is 29.0 Å². The minimum Gasteiger partial charge on any atom is -0.368 e. The number of rotatable bonds is 5. The zero-order chi connectivity index (χ0) is 20.1. The molecule has 4 heteroatoms. The van der Waals surface area contributed by atoms with Gasteiger partial charge in [0.25, 0.3) is 0 Å². The predicted molar refractivity (Wildman–Crippen MR) is 117 cm³/mol. The van der Waals surface area contributed by atoms with Crippen LogP contribution in [0.25, 0.3) is 0 Å². The van der Waals surface area contributed by atoms with Crippen molar-refractivity contribution in [3.63, 3.8) is 0 Å². The fourth-order valence-corrected chi connectivity index (χ4v) is 4.14. The first-order chi connectivity index (χ1) is 14.2. The summed E-state index contributed by atoms with van der Waals surface area (Å²) < 4.78 is 0. The summed E-state index contributed by atoms with van der Waals surface area (Å²) in [7, 11) is 0. The van der Waals surface area contributed by atoms with Gasteiger partial charge in [0.05, 0.1) is 0 Å². The standard InChI is InChI=1S/C25H27N3O/c1-20-7-5-6-10-23(20)24(21-8-3-2-4-9-21)19-25(29)28-17-15-27(16-18-28)22-11-13-26-14-12-22/h2-14,24H,15-19H2,1H3/t24-/m1/s1. The van der Waals surface area contributed by atoms with Gasteiger partial charge in [-0.15, -0.1) is 0 Å². The molecule has 1 atom stereocenters. The van der Waals surface area contributed by atoms with E-state index in [1.807, 2.05) is 35.5 Å². The van der Waals surface area contributed by atoms with Crippen LogP contribution in [0, 0.1) is 6.92 Å². The molecule has 148 valence electrons. The molecule has 4 rings (SSSR count). The summed E-state index contributed by atoms with van der Waals surface area (Å²) in [6.07, 6.45) is 4.14. The molecule has 1 saturated heterocycles. The lowest BCUT2D eigenvalue weighted by atomic mass is 9.85. The normalized spacial score (nSPS) is 15.2. The Hall–Kier alpha value is -3.14. The molecule has 1 aliphatic heterocycles. The number of benzene rings is 2. The highest BCUT2D eigenvalue weighted by Gasteiger charge is 2.26. The second kappa shape index (κ2) is 8.91. The summed E-state index contributed by atoms with van der Waals surface area (Å²) in [5.74, 6) is 0.319. The fraction of sp³-hybridized carbons (Fsp3) is 0.280. The zero-order valence-corrected chi connectivity index (χ0v) is 16.9. The van der Waals surface area contributed by atoms with Crippen molar-refractivity contribution in [3.8, 4) is 0 Å². The van der Waals surface area contributed by atoms with E-state index >= 15 is 0 Å². The number of hydrogen-bond donors (Lipinski definition) is 0. The molecule has 1 aliphatic rings. The first kappa shape index (κ1) is 19.2. The van der Waals surface area contributed by atoms with Gasteiger partial charge in [-0.3, -0.25) is 9.78 Å². The highest BCUT2D eigenvalue weighted by molar-refractivity contribution is 5.78. The molecule has 4 nitrogen and oxygen atoms in total. The Bertz CT molecular complexity index is 935. The second-order valence-corrected chi connectivity index (χ2v) is 7.60. The van der Waals surface area contributed by atoms with Crippen molar-refractivity contribution in [2.75, 3.05) is 31.1 Å². The second-order valence-electron chi connectivity index (χ2n) is 7.60. The summed E-state index contributed by atoms with van der Waals surface area (Å²) in [5, 5.41) is 0. The Morgan fingerprint density at radius 1 is 0.897 bits per heavy atom. The highest BCUT2D eigenvalue weighted by atomic mass is 16.2. The molecule has 0 spiro atoms. The van der Waals surface area contributed by atoms with Gasteiger partial charge in [-0.25, -0.2) is 0 Å². The van der Waals surface area contributed by atoms with E-state index < -0.39 is 0 Å². The maximum atomic E-state index is 13.2. The number of pyridine rings is 1. The number of carbonyl (C=O) groups excluding carboxylic acids is 1. The van der Waals surface area contributed by atoms with Crippen LogP contribution in [-0.2, 0) is 4.79 Å². The first-order valence-corrected chi connectivity index (χ1v) is 10.3. The van der Waals surface area contributed by atoms with Gasteiger partial charge in [-0.1, -0.05) is 54.6 Å². The summed E-state index contributed by atoms with van der Waals surface area (Å²) in [4.78, 5) is 21.6. The van der Waals surface area contributed by atoms with Gasteiger partial charge >= 0.3 is 0 Å². The van der Waals surface area contributed by atoms with Crippen molar-refractivity contribution in [2.24, 2.45) is 0 Å². The molecule has 29 heavy (non-hydrogen) atoms. The van der Waals surface area contributed by atoms with E-state index in [0.29, 0.717) is 6.42 Å². The minimum atomic E-state index is 0.0862. The van der Waals surface area contributed by atoms with Crippen LogP contribution in [0.4, 0.5) is 5.69 Å². The molecule has 1 aromatic heterocycles. The number of aromatic nitrogens is 1. The molecule has 0 unspecified atom stereocenters. The zero-order valence-electron chi connectivity index (χ0n) is 16.9. The molecule has 0 N–H and O–H groups in total. The van der Waals surface area contributed by atoms with E-state index in [9.17, 15) is 4.79 Å². The summed E-state index contributed by atoms with van der Waals surface area (Å²) in [5.41, 5.74) is 4.85. The summed E-state index contributed by atoms with van der Waals surface area (Å²) in [6, 6.07) is 22.9. The third-order valence-corrected chi connectivity index (χ3v) is 5.80. The largest absolute Gasteiger partial charge is 0.368 e. The van der Waals surface area contributed by atoms with Crippen LogP contribution >= 0.6 is 0 Å². The van der Waals surface area contributed by atoms with Crippen molar-refractivity contribution in [1.29, 1.82) is 0 Å². The maximum Gasteiger partial charge on any atom is 0.223 e. The van der Waals surface area contributed by atoms with Crippen LogP contribution in [0.2, 0.25) is 0 Å². The molecule has 1 fully saturated rings. The number of carbonyl (C=O) groups is 1. The molecular formula is C25H27N3O. The third kappa shape index (κ3) is 4.48. The van der Waals surface area contributed by atoms with Gasteiger partial charge in [-0.2, -0.15) is 0 Å². The SMILES string of the molecule is Cc1ccccc1[C@H](CC(=O)N1CCN(c2ccncc2)CC1)c1ccccc1. The van der Waals surface area contributed by atoms with Gasteiger partial charge in [0.15, 0.2) is 0 Å². The van der Waals surface area contributed by atoms with Crippen LogP contribution in [0.5, 0.6) is 0 Å². The average Bonchev–Trinajstić information content (AvgIpc) is 2.79. The number of anilines is 1. The van der Waals surface area contributed by atoms with Crippen LogP contribution < -0.4 is 4.90 Å². The fourth-order valence-electron chi connectivity index (χ4n) is 4.14. The Balaban J connectivity index is 1.47. The molecule has 3 aromatic rings. The topological polar surface area (TPSA) is 36.4 Å². The van der Waals surface area contributed by atoms with Crippen molar-refractivity contribution >= 4 is 11.6 Å². The summed E-state index contributed by atoms with van der Waals surface area (Å²) >= 11 is 0. The van der Waals surface area contributed by atoms with Gasteiger partial charge in [0.2, 0.25) is 5.91 Å². The van der Waals surface area contributed by atoms with E-state index in [1.165, 1.54) is 22.4 Å². The number of piperazine rings is 1. The van der Waals surface area contributed by atoms with Gasteiger partial charge in [0.1, 0.15) is 0 Å². The van der Waals surface area contributed by atoms with Crippen molar-refractivity contribution in [3.05, 3.63) is 95.8 Å². The van der Waals surface area contributed by atoms with Gasteiger partial charge in [0, 0.05) is 56.6 Å². The monoisotopic (exact) mass is 385 g/mol. The molecular weight excluding hydrogens is 358 g/mol. The molecule has 0 saturated carbocycles. The van der Waals surface area contributed by atoms with E-state index in [0.717, 1.165) is 26.2 Å². The Morgan fingerprint density at radius 2 is 1.55 bits per heavy atom. The lowest BCUT2D eigenvalue weighted by Crippen LogP contribution is -2.49. The molecule has 0 radical (unpaired) electrons. The van der Waals surface area contributed by atoms with E-state index in [2.05, 4.69) is 65.3 Å². The first-order valence-electron chi connectivity index (χ1n) is 10.3. The van der Waals surface area contributed by atoms with Crippen molar-refractivity contribution in [1.82, 2.24) is 9.88 Å². The van der Waals surface area contributed by atoms with Gasteiger partial charge < -0.3 is 9.80 Å². The Labute approximate surface area is 172 Å². The minimum absolute atomic E-state index is 0.0862. The lowest BCUT2D eigenvalue weighted by molar-refractivity contribution is -0.131. The third-order valence-electron chi connectivity index (χ3n) is 5.80. The van der Waals surface area contributed by atoms with Crippen molar-refractivity contribution in [2.45, 2.75) is 19.3 Å². The van der Waals surface area contributed by atoms with E-state index in [4.69, 9.17) is 0 Å². The molecule has 0 aliphatic carbocycles. The number of amides is 1. The smallest absolute Gasteiger partial charge is 0.223 e. The number of hydrogen-bond acceptors (Lipinski definition) is 3. The van der Waals surface area contributed by atoms with Crippen LogP contribution in [0.3, 0.4) is 0 Å². The van der Waals surface area contributed by atoms with E-state index in [1.54, 1.807) is 0 Å². The Morgan fingerprint density at radius 3 is 2.24 bits per heavy atom. The highest BCUT2D eigenvalue weighted by Crippen LogP contribution is 2.31. The van der Waals surface area contributed by atoms with E-state index in [-0.39, 0.29) is 11.8 Å². The molecule has 2 aromatic carbocycles. The lowest BCUT2D eigenvalue weighted by Gasteiger charge is -2.36. The van der Waals surface area contributed by atoms with Crippen molar-refractivity contribution < 1.29 is 4.79 Å². The molecule has 1 amide bonds. The average molecular weight is 386 g/mol. The Kier molecular flexibility index (Phi) is 5.89. The quantitative estimate of drug-likeness (QED) is 0.658. The predicted octanol–water partition coefficient (Wildman–Crippen LogP) is 4.26. The van der Waals surface area contributed by atoms with Crippen LogP contribution in [0.15, 0.2) is 79.1 Å².